The van der Waals surface area contributed by atoms with E-state index in [0.717, 1.165) is 29.9 Å². The van der Waals surface area contributed by atoms with E-state index in [1.54, 1.807) is 20.4 Å². The van der Waals surface area contributed by atoms with Crippen LogP contribution in [0.15, 0.2) is 30.6 Å². The van der Waals surface area contributed by atoms with Gasteiger partial charge in [-0.25, -0.2) is 0 Å². The largest absolute Gasteiger partial charge is 0.493 e. The number of hydrogen-bond donors (Lipinski definition) is 2. The molecule has 0 bridgehead atoms. The van der Waals surface area contributed by atoms with Crippen molar-refractivity contribution in [2.75, 3.05) is 14.2 Å². The van der Waals surface area contributed by atoms with Crippen molar-refractivity contribution in [3.8, 4) is 11.5 Å². The van der Waals surface area contributed by atoms with Crippen LogP contribution in [-0.4, -0.2) is 47.3 Å². The molecule has 2 aromatic rings. The Morgan fingerprint density at radius 1 is 1.36 bits per heavy atom. The van der Waals surface area contributed by atoms with Crippen molar-refractivity contribution in [1.29, 1.82) is 0 Å². The molecule has 6 nitrogen and oxygen atoms in total. The minimum absolute atomic E-state index is 0.00366. The normalized spacial score (nSPS) is 23.8. The number of nitrogens with zero attached hydrogens (tertiary/aromatic N) is 2. The molecule has 3 rings (SSSR count). The van der Waals surface area contributed by atoms with Gasteiger partial charge in [-0.1, -0.05) is 6.07 Å². The van der Waals surface area contributed by atoms with Crippen LogP contribution < -0.4 is 14.8 Å². The third-order valence-electron chi connectivity index (χ3n) is 5.06. The predicted octanol–water partition coefficient (Wildman–Crippen LogP) is 2.10. The number of benzene rings is 1. The van der Waals surface area contributed by atoms with E-state index in [-0.39, 0.29) is 24.2 Å². The Balaban J connectivity index is 1.66. The van der Waals surface area contributed by atoms with Crippen molar-refractivity contribution in [2.24, 2.45) is 0 Å². The summed E-state index contributed by atoms with van der Waals surface area (Å²) in [5, 5.41) is 18.0. The van der Waals surface area contributed by atoms with Crippen LogP contribution in [0.1, 0.15) is 30.5 Å². The molecule has 0 amide bonds. The number of hydrogen-bond acceptors (Lipinski definition) is 5. The van der Waals surface area contributed by atoms with Gasteiger partial charge in [0.2, 0.25) is 0 Å². The minimum Gasteiger partial charge on any atom is -0.493 e. The smallest absolute Gasteiger partial charge is 0.163 e. The molecule has 1 aromatic heterocycles. The zero-order valence-corrected chi connectivity index (χ0v) is 15.3. The van der Waals surface area contributed by atoms with E-state index >= 15 is 0 Å². The summed E-state index contributed by atoms with van der Waals surface area (Å²) in [6, 6.07) is 6.43. The number of aliphatic hydroxyl groups excluding tert-OH is 1. The van der Waals surface area contributed by atoms with E-state index in [0.29, 0.717) is 0 Å². The number of aliphatic hydroxyl groups is 1. The minimum atomic E-state index is -0.340. The maximum atomic E-state index is 10.1. The van der Waals surface area contributed by atoms with Crippen LogP contribution >= 0.6 is 0 Å². The van der Waals surface area contributed by atoms with Crippen molar-refractivity contribution < 1.29 is 14.6 Å². The average Bonchev–Trinajstić information content (AvgIpc) is 3.09. The van der Waals surface area contributed by atoms with Gasteiger partial charge in [-0.15, -0.1) is 0 Å². The summed E-state index contributed by atoms with van der Waals surface area (Å²) in [5.74, 6) is 1.55. The van der Waals surface area contributed by atoms with Gasteiger partial charge in [0.05, 0.1) is 26.4 Å². The lowest BCUT2D eigenvalue weighted by molar-refractivity contribution is -0.0109. The highest BCUT2D eigenvalue weighted by molar-refractivity contribution is 5.50. The van der Waals surface area contributed by atoms with Gasteiger partial charge >= 0.3 is 0 Å². The van der Waals surface area contributed by atoms with E-state index in [4.69, 9.17) is 9.47 Å². The molecule has 0 saturated heterocycles. The van der Waals surface area contributed by atoms with Gasteiger partial charge in [0.15, 0.2) is 11.5 Å². The Kier molecular flexibility index (Phi) is 5.30. The Hall–Kier alpha value is -2.05. The first kappa shape index (κ1) is 17.8. The van der Waals surface area contributed by atoms with Crippen molar-refractivity contribution in [2.45, 2.75) is 50.9 Å². The molecule has 0 spiro atoms. The SMILES string of the molecule is COc1ccc(CC(C)N[C@H]2C[C@@H](O)[C@@H]2n2cccn2)c(C)c1OC. The summed E-state index contributed by atoms with van der Waals surface area (Å²) in [4.78, 5) is 0. The van der Waals surface area contributed by atoms with E-state index in [1.165, 1.54) is 5.56 Å². The summed E-state index contributed by atoms with van der Waals surface area (Å²) in [5.41, 5.74) is 2.33. The van der Waals surface area contributed by atoms with Crippen LogP contribution in [0, 0.1) is 6.92 Å². The van der Waals surface area contributed by atoms with Gasteiger partial charge in [-0.3, -0.25) is 4.68 Å². The van der Waals surface area contributed by atoms with Crippen molar-refractivity contribution in [3.63, 3.8) is 0 Å². The number of rotatable bonds is 7. The molecular weight excluding hydrogens is 318 g/mol. The first-order valence-corrected chi connectivity index (χ1v) is 8.68. The Labute approximate surface area is 148 Å². The summed E-state index contributed by atoms with van der Waals surface area (Å²) >= 11 is 0. The van der Waals surface area contributed by atoms with Crippen molar-refractivity contribution in [1.82, 2.24) is 15.1 Å². The second-order valence-electron chi connectivity index (χ2n) is 6.74. The first-order valence-electron chi connectivity index (χ1n) is 8.68. The summed E-state index contributed by atoms with van der Waals surface area (Å²) in [6.07, 6.45) is 4.95. The van der Waals surface area contributed by atoms with Gasteiger partial charge in [0.25, 0.3) is 0 Å². The van der Waals surface area contributed by atoms with Crippen LogP contribution in [-0.2, 0) is 6.42 Å². The summed E-state index contributed by atoms with van der Waals surface area (Å²) in [7, 11) is 3.32. The van der Waals surface area contributed by atoms with Crippen LogP contribution in [0.5, 0.6) is 11.5 Å². The quantitative estimate of drug-likeness (QED) is 0.804. The molecule has 136 valence electrons. The van der Waals surface area contributed by atoms with Crippen LogP contribution in [0.4, 0.5) is 0 Å². The lowest BCUT2D eigenvalue weighted by Gasteiger charge is -2.43. The summed E-state index contributed by atoms with van der Waals surface area (Å²) < 4.78 is 12.7. The summed E-state index contributed by atoms with van der Waals surface area (Å²) in [6.45, 7) is 4.23. The van der Waals surface area contributed by atoms with Gasteiger partial charge < -0.3 is 19.9 Å². The molecule has 6 heteroatoms. The third-order valence-corrected chi connectivity index (χ3v) is 5.06. The fourth-order valence-electron chi connectivity index (χ4n) is 3.69. The molecular formula is C19H27N3O3. The first-order chi connectivity index (χ1) is 12.0. The Bertz CT molecular complexity index is 702. The molecule has 1 unspecified atom stereocenters. The lowest BCUT2D eigenvalue weighted by Crippen LogP contribution is -2.57. The van der Waals surface area contributed by atoms with Gasteiger partial charge in [0.1, 0.15) is 0 Å². The molecule has 1 aliphatic rings. The lowest BCUT2D eigenvalue weighted by atomic mass is 9.82. The number of ether oxygens (including phenoxy) is 2. The molecule has 1 aromatic carbocycles. The van der Waals surface area contributed by atoms with E-state index < -0.39 is 0 Å². The highest BCUT2D eigenvalue weighted by Gasteiger charge is 2.42. The second kappa shape index (κ2) is 7.45. The fourth-order valence-corrected chi connectivity index (χ4v) is 3.69. The number of nitrogens with one attached hydrogen (secondary N) is 1. The zero-order valence-electron chi connectivity index (χ0n) is 15.3. The van der Waals surface area contributed by atoms with Crippen LogP contribution in [0.25, 0.3) is 0 Å². The maximum absolute atomic E-state index is 10.1. The topological polar surface area (TPSA) is 68.5 Å². The molecule has 4 atom stereocenters. The highest BCUT2D eigenvalue weighted by Crippen LogP contribution is 2.35. The van der Waals surface area contributed by atoms with Crippen molar-refractivity contribution >= 4 is 0 Å². The molecule has 1 heterocycles. The Morgan fingerprint density at radius 3 is 2.76 bits per heavy atom. The molecule has 1 fully saturated rings. The molecule has 2 N–H and O–H groups in total. The van der Waals surface area contributed by atoms with E-state index in [1.807, 2.05) is 23.0 Å². The van der Waals surface area contributed by atoms with Crippen LogP contribution in [0.2, 0.25) is 0 Å². The number of methoxy groups -OCH3 is 2. The van der Waals surface area contributed by atoms with E-state index in [2.05, 4.69) is 30.3 Å². The molecule has 0 radical (unpaired) electrons. The Morgan fingerprint density at radius 2 is 2.16 bits per heavy atom. The molecule has 25 heavy (non-hydrogen) atoms. The van der Waals surface area contributed by atoms with Gasteiger partial charge in [-0.2, -0.15) is 5.10 Å². The zero-order chi connectivity index (χ0) is 18.0. The predicted molar refractivity (Wildman–Crippen MR) is 96.3 cm³/mol. The monoisotopic (exact) mass is 345 g/mol. The molecule has 0 aliphatic heterocycles. The molecule has 1 aliphatic carbocycles. The fraction of sp³-hybridized carbons (Fsp3) is 0.526. The van der Waals surface area contributed by atoms with Gasteiger partial charge in [0, 0.05) is 24.5 Å². The molecule has 1 saturated carbocycles. The van der Waals surface area contributed by atoms with E-state index in [9.17, 15) is 5.11 Å². The van der Waals surface area contributed by atoms with Crippen molar-refractivity contribution in [3.05, 3.63) is 41.7 Å². The standard InChI is InChI=1S/C19H27N3O3/c1-12(10-14-6-7-17(24-3)19(25-4)13(14)2)21-15-11-16(23)18(15)22-9-5-8-20-22/h5-9,12,15-16,18,21,23H,10-11H2,1-4H3/t12?,15-,16+,18+/m0/s1. The average molecular weight is 345 g/mol. The third kappa shape index (κ3) is 3.50. The number of aromatic nitrogens is 2. The highest BCUT2D eigenvalue weighted by atomic mass is 16.5. The van der Waals surface area contributed by atoms with Crippen LogP contribution in [0.3, 0.4) is 0 Å². The van der Waals surface area contributed by atoms with Gasteiger partial charge in [-0.05, 0) is 49.9 Å². The maximum Gasteiger partial charge on any atom is 0.163 e. The second-order valence-corrected chi connectivity index (χ2v) is 6.74.